The second kappa shape index (κ2) is 13.4. The first-order valence-electron chi connectivity index (χ1n) is 10.7. The van der Waals surface area contributed by atoms with Crippen LogP contribution in [0, 0.1) is 5.82 Å². The molecule has 0 fully saturated rings. The maximum atomic E-state index is 13.5. The number of hydrogen-bond acceptors (Lipinski definition) is 2. The predicted molar refractivity (Wildman–Crippen MR) is 116 cm³/mol. The minimum atomic E-state index is -2.84. The van der Waals surface area contributed by atoms with Gasteiger partial charge in [-0.3, -0.25) is 0 Å². The number of rotatable bonds is 13. The van der Waals surface area contributed by atoms with Crippen LogP contribution in [0.2, 0.25) is 13.3 Å². The van der Waals surface area contributed by atoms with E-state index in [2.05, 4.69) is 20.8 Å². The van der Waals surface area contributed by atoms with Gasteiger partial charge in [-0.25, -0.2) is 0 Å². The third kappa shape index (κ3) is 7.97. The quantitative estimate of drug-likeness (QED) is 0.169. The molecule has 0 unspecified atom stereocenters. The molecule has 1 aromatic rings. The van der Waals surface area contributed by atoms with Crippen LogP contribution in [0.1, 0.15) is 71.8 Å². The molecule has 0 heterocycles. The molecule has 0 aliphatic heterocycles. The second-order valence-corrected chi connectivity index (χ2v) is 20.5. The molecule has 0 atom stereocenters. The zero-order valence-corrected chi connectivity index (χ0v) is 20.5. The van der Waals surface area contributed by atoms with Gasteiger partial charge in [0.05, 0.1) is 0 Å². The standard InChI is InChI=1S/C11H10FO2.3C4H9.Sn/c1-2-14-11(13)8-5-9-3-6-10(12)7-4-9;3*1-3-4-2;/h3-4,6-8H,2H2,1H3;3*1,3-4H2,2H3;. The Balaban J connectivity index is 3.47. The molecule has 1 rings (SSSR count). The first-order chi connectivity index (χ1) is 13.0. The summed E-state index contributed by atoms with van der Waals surface area (Å²) in [6, 6.07) is 6.75. The molecule has 1 aromatic carbocycles. The van der Waals surface area contributed by atoms with Crippen LogP contribution in [0.25, 0.3) is 3.59 Å². The van der Waals surface area contributed by atoms with Gasteiger partial charge in [0.15, 0.2) is 0 Å². The molecule has 0 amide bonds. The fourth-order valence-corrected chi connectivity index (χ4v) is 20.5. The van der Waals surface area contributed by atoms with Crippen molar-refractivity contribution in [1.29, 1.82) is 0 Å². The van der Waals surface area contributed by atoms with Crippen molar-refractivity contribution in [3.63, 3.8) is 0 Å². The molecule has 152 valence electrons. The Labute approximate surface area is 169 Å². The van der Waals surface area contributed by atoms with Gasteiger partial charge in [-0.2, -0.15) is 0 Å². The van der Waals surface area contributed by atoms with E-state index < -0.39 is 18.4 Å². The Kier molecular flexibility index (Phi) is 12.0. The number of unbranched alkanes of at least 4 members (excludes halogenated alkanes) is 3. The molecule has 0 radical (unpaired) electrons. The van der Waals surface area contributed by atoms with E-state index in [-0.39, 0.29) is 11.8 Å². The van der Waals surface area contributed by atoms with Crippen molar-refractivity contribution >= 4 is 27.9 Å². The molecule has 2 nitrogen and oxygen atoms in total. The summed E-state index contributed by atoms with van der Waals surface area (Å²) in [5.41, 5.74) is 1.03. The van der Waals surface area contributed by atoms with Crippen LogP contribution in [0.5, 0.6) is 0 Å². The Morgan fingerprint density at radius 1 is 0.926 bits per heavy atom. The number of ether oxygens (including phenoxy) is 1. The van der Waals surface area contributed by atoms with Crippen LogP contribution in [-0.2, 0) is 9.53 Å². The second-order valence-electron chi connectivity index (χ2n) is 7.41. The molecule has 0 saturated heterocycles. The van der Waals surface area contributed by atoms with E-state index in [1.807, 2.05) is 19.1 Å². The molecule has 0 aromatic heterocycles. The van der Waals surface area contributed by atoms with Gasteiger partial charge in [-0.15, -0.1) is 0 Å². The van der Waals surface area contributed by atoms with Crippen molar-refractivity contribution in [3.05, 3.63) is 41.7 Å². The summed E-state index contributed by atoms with van der Waals surface area (Å²) >= 11 is -2.84. The fraction of sp³-hybridized carbons (Fsp3) is 0.609. The number of carbonyl (C=O) groups excluding carboxylic acids is 1. The summed E-state index contributed by atoms with van der Waals surface area (Å²) < 4.78 is 23.8. The molecule has 0 bridgehead atoms. The molecular formula is C23H37FO2Sn. The van der Waals surface area contributed by atoms with Gasteiger partial charge >= 0.3 is 170 Å². The van der Waals surface area contributed by atoms with E-state index in [1.54, 1.807) is 6.08 Å². The van der Waals surface area contributed by atoms with Crippen LogP contribution in [0.15, 0.2) is 30.3 Å². The number of hydrogen-bond donors (Lipinski definition) is 0. The summed E-state index contributed by atoms with van der Waals surface area (Å²) in [6.45, 7) is 8.94. The van der Waals surface area contributed by atoms with Crippen LogP contribution < -0.4 is 0 Å². The SMILES string of the molecule is CCC[CH2][Sn]([CH2]CCC)([CH2]CCC)/[C](=C\C(=O)OCC)c1ccc(F)cc1. The summed E-state index contributed by atoms with van der Waals surface area (Å²) in [7, 11) is 0. The third-order valence-corrected chi connectivity index (χ3v) is 21.0. The van der Waals surface area contributed by atoms with Gasteiger partial charge in [-0.05, 0) is 0 Å². The monoisotopic (exact) mass is 484 g/mol. The van der Waals surface area contributed by atoms with Gasteiger partial charge in [0.1, 0.15) is 0 Å². The fourth-order valence-electron chi connectivity index (χ4n) is 3.80. The molecule has 0 N–H and O–H groups in total. The number of carbonyl (C=O) groups is 1. The van der Waals surface area contributed by atoms with Gasteiger partial charge in [0, 0.05) is 0 Å². The van der Waals surface area contributed by atoms with E-state index in [0.29, 0.717) is 6.61 Å². The van der Waals surface area contributed by atoms with Crippen LogP contribution in [0.3, 0.4) is 0 Å². The van der Waals surface area contributed by atoms with Crippen molar-refractivity contribution in [1.82, 2.24) is 0 Å². The van der Waals surface area contributed by atoms with E-state index in [0.717, 1.165) is 5.56 Å². The van der Waals surface area contributed by atoms with Gasteiger partial charge in [-0.1, -0.05) is 0 Å². The first kappa shape index (κ1) is 24.2. The molecule has 27 heavy (non-hydrogen) atoms. The van der Waals surface area contributed by atoms with Gasteiger partial charge in [0.25, 0.3) is 0 Å². The predicted octanol–water partition coefficient (Wildman–Crippen LogP) is 7.16. The number of halogens is 1. The molecule has 0 saturated carbocycles. The van der Waals surface area contributed by atoms with E-state index in [9.17, 15) is 9.18 Å². The molecule has 0 aliphatic rings. The number of benzene rings is 1. The van der Waals surface area contributed by atoms with Crippen molar-refractivity contribution in [3.8, 4) is 0 Å². The zero-order valence-electron chi connectivity index (χ0n) is 17.7. The van der Waals surface area contributed by atoms with Crippen molar-refractivity contribution in [2.45, 2.75) is 79.5 Å². The van der Waals surface area contributed by atoms with Crippen LogP contribution >= 0.6 is 0 Å². The number of esters is 1. The van der Waals surface area contributed by atoms with Crippen molar-refractivity contribution in [2.24, 2.45) is 0 Å². The third-order valence-electron chi connectivity index (χ3n) is 5.30. The normalized spacial score (nSPS) is 12.3. The van der Waals surface area contributed by atoms with Gasteiger partial charge in [0.2, 0.25) is 0 Å². The molecule has 0 aliphatic carbocycles. The van der Waals surface area contributed by atoms with Crippen LogP contribution in [-0.4, -0.2) is 31.0 Å². The van der Waals surface area contributed by atoms with Crippen molar-refractivity contribution < 1.29 is 13.9 Å². The van der Waals surface area contributed by atoms with E-state index in [4.69, 9.17) is 4.74 Å². The molecule has 4 heteroatoms. The average Bonchev–Trinajstić information content (AvgIpc) is 2.67. The zero-order chi connectivity index (χ0) is 20.1. The Morgan fingerprint density at radius 2 is 1.41 bits per heavy atom. The van der Waals surface area contributed by atoms with Gasteiger partial charge < -0.3 is 0 Å². The Hall–Kier alpha value is -0.841. The maximum absolute atomic E-state index is 13.5. The van der Waals surface area contributed by atoms with Crippen LogP contribution in [0.4, 0.5) is 4.39 Å². The average molecular weight is 483 g/mol. The summed E-state index contributed by atoms with van der Waals surface area (Å²) in [4.78, 5) is 12.4. The van der Waals surface area contributed by atoms with Crippen molar-refractivity contribution in [2.75, 3.05) is 6.61 Å². The summed E-state index contributed by atoms with van der Waals surface area (Å²) in [5.74, 6) is -0.479. The summed E-state index contributed by atoms with van der Waals surface area (Å²) in [5, 5.41) is 0. The van der Waals surface area contributed by atoms with E-state index >= 15 is 0 Å². The Morgan fingerprint density at radius 3 is 1.81 bits per heavy atom. The molecule has 0 spiro atoms. The Bertz CT molecular complexity index is 559. The first-order valence-corrected chi connectivity index (χ1v) is 18.2. The summed E-state index contributed by atoms with van der Waals surface area (Å²) in [6.07, 6.45) is 8.93. The topological polar surface area (TPSA) is 26.3 Å². The minimum absolute atomic E-state index is 0.231. The van der Waals surface area contributed by atoms with E-state index in [1.165, 1.54) is 67.6 Å². The molecular weight excluding hydrogens is 446 g/mol.